The van der Waals surface area contributed by atoms with Gasteiger partial charge in [0.15, 0.2) is 0 Å². The number of ether oxygens (including phenoxy) is 1. The Kier molecular flexibility index (Phi) is 9.28. The van der Waals surface area contributed by atoms with Crippen LogP contribution in [-0.2, 0) is 25.7 Å². The molecule has 3 atom stereocenters. The summed E-state index contributed by atoms with van der Waals surface area (Å²) in [5.41, 5.74) is 1.76. The fraction of sp³-hybridized carbons (Fsp3) is 0.370. The third kappa shape index (κ3) is 7.19. The first kappa shape index (κ1) is 25.5. The summed E-state index contributed by atoms with van der Waals surface area (Å²) in [4.78, 5) is 40.1. The summed E-state index contributed by atoms with van der Waals surface area (Å²) in [6.07, 6.45) is 4.43. The van der Waals surface area contributed by atoms with E-state index in [4.69, 9.17) is 16.3 Å². The first-order valence-electron chi connectivity index (χ1n) is 11.5. The summed E-state index contributed by atoms with van der Waals surface area (Å²) in [5.74, 6) is -1.16. The minimum absolute atomic E-state index is 0.0730. The van der Waals surface area contributed by atoms with Crippen molar-refractivity contribution in [2.45, 2.75) is 51.3 Å². The van der Waals surface area contributed by atoms with Crippen LogP contribution < -0.4 is 5.32 Å². The van der Waals surface area contributed by atoms with Crippen LogP contribution in [0.1, 0.15) is 49.8 Å². The lowest BCUT2D eigenvalue weighted by Gasteiger charge is -2.34. The van der Waals surface area contributed by atoms with Gasteiger partial charge in [-0.25, -0.2) is 0 Å². The molecule has 34 heavy (non-hydrogen) atoms. The monoisotopic (exact) mass is 482 g/mol. The number of nitrogens with zero attached hydrogens (tertiary/aromatic N) is 1. The molecule has 2 aromatic carbocycles. The number of halogens is 1. The van der Waals surface area contributed by atoms with E-state index in [1.165, 1.54) is 0 Å². The van der Waals surface area contributed by atoms with Crippen LogP contribution in [0.15, 0.2) is 66.7 Å². The number of amides is 2. The Hall–Kier alpha value is -3.12. The van der Waals surface area contributed by atoms with E-state index in [0.717, 1.165) is 11.1 Å². The molecule has 0 saturated heterocycles. The molecule has 0 bridgehead atoms. The van der Waals surface area contributed by atoms with Crippen molar-refractivity contribution in [2.24, 2.45) is 5.92 Å². The van der Waals surface area contributed by atoms with E-state index in [2.05, 4.69) is 5.32 Å². The predicted octanol–water partition coefficient (Wildman–Crippen LogP) is 4.83. The lowest BCUT2D eigenvalue weighted by atomic mass is 9.95. The van der Waals surface area contributed by atoms with E-state index >= 15 is 0 Å². The van der Waals surface area contributed by atoms with Crippen LogP contribution in [0.4, 0.5) is 0 Å². The molecule has 1 aliphatic rings. The molecule has 0 aromatic heterocycles. The van der Waals surface area contributed by atoms with Gasteiger partial charge in [-0.3, -0.25) is 14.4 Å². The van der Waals surface area contributed by atoms with Gasteiger partial charge >= 0.3 is 5.97 Å². The van der Waals surface area contributed by atoms with Gasteiger partial charge < -0.3 is 15.0 Å². The molecule has 0 fully saturated rings. The van der Waals surface area contributed by atoms with Gasteiger partial charge in [-0.05, 0) is 43.0 Å². The fourth-order valence-electron chi connectivity index (χ4n) is 3.93. The number of carbonyl (C=O) groups excluding carboxylic acids is 3. The lowest BCUT2D eigenvalue weighted by molar-refractivity contribution is -0.156. The van der Waals surface area contributed by atoms with E-state index in [1.54, 1.807) is 24.1 Å². The molecule has 6 nitrogen and oxygen atoms in total. The highest BCUT2D eigenvalue weighted by Gasteiger charge is 2.33. The SMILES string of the molecule is C[C@@H]1[C@@H](c2ccccc2)OC(=O)CC/C=C/C[C@@H](CC(=O)NCc2ccc(Cl)cc2)C(=O)N1C. The molecular weight excluding hydrogens is 452 g/mol. The molecule has 1 N–H and O–H groups in total. The van der Waals surface area contributed by atoms with Crippen molar-refractivity contribution in [3.63, 3.8) is 0 Å². The summed E-state index contributed by atoms with van der Waals surface area (Å²) >= 11 is 5.91. The van der Waals surface area contributed by atoms with E-state index in [1.807, 2.05) is 61.5 Å². The normalized spacial score (nSPS) is 22.8. The van der Waals surface area contributed by atoms with Crippen LogP contribution in [0.3, 0.4) is 0 Å². The maximum absolute atomic E-state index is 13.4. The molecule has 3 rings (SSSR count). The maximum atomic E-state index is 13.4. The lowest BCUT2D eigenvalue weighted by Crippen LogP contribution is -2.44. The highest BCUT2D eigenvalue weighted by Crippen LogP contribution is 2.28. The number of cyclic esters (lactones) is 1. The molecule has 1 heterocycles. The topological polar surface area (TPSA) is 75.7 Å². The third-order valence-corrected chi connectivity index (χ3v) is 6.32. The van der Waals surface area contributed by atoms with Crippen molar-refractivity contribution in [3.05, 3.63) is 82.9 Å². The zero-order valence-corrected chi connectivity index (χ0v) is 20.3. The average Bonchev–Trinajstić information content (AvgIpc) is 2.84. The van der Waals surface area contributed by atoms with Gasteiger partial charge in [0, 0.05) is 31.5 Å². The number of nitrogens with one attached hydrogen (secondary N) is 1. The predicted molar refractivity (Wildman–Crippen MR) is 132 cm³/mol. The highest BCUT2D eigenvalue weighted by molar-refractivity contribution is 6.30. The van der Waals surface area contributed by atoms with Gasteiger partial charge in [0.1, 0.15) is 6.10 Å². The minimum atomic E-state index is -0.592. The second-order valence-electron chi connectivity index (χ2n) is 8.56. The van der Waals surface area contributed by atoms with Crippen molar-refractivity contribution >= 4 is 29.4 Å². The van der Waals surface area contributed by atoms with Gasteiger partial charge in [-0.15, -0.1) is 0 Å². The quantitative estimate of drug-likeness (QED) is 0.489. The van der Waals surface area contributed by atoms with Crippen molar-refractivity contribution in [1.29, 1.82) is 0 Å². The largest absolute Gasteiger partial charge is 0.455 e. The number of benzene rings is 2. The van der Waals surface area contributed by atoms with Crippen molar-refractivity contribution in [1.82, 2.24) is 10.2 Å². The summed E-state index contributed by atoms with van der Waals surface area (Å²) < 4.78 is 5.80. The Labute approximate surface area is 205 Å². The smallest absolute Gasteiger partial charge is 0.306 e. The summed E-state index contributed by atoms with van der Waals surface area (Å²) in [6, 6.07) is 16.3. The third-order valence-electron chi connectivity index (χ3n) is 6.07. The van der Waals surface area contributed by atoms with E-state index < -0.39 is 18.1 Å². The van der Waals surface area contributed by atoms with E-state index in [9.17, 15) is 14.4 Å². The number of hydrogen-bond acceptors (Lipinski definition) is 4. The average molecular weight is 483 g/mol. The van der Waals surface area contributed by atoms with Crippen molar-refractivity contribution < 1.29 is 19.1 Å². The Bertz CT molecular complexity index is 1010. The molecule has 1 aliphatic heterocycles. The van der Waals surface area contributed by atoms with Crippen LogP contribution in [0.25, 0.3) is 0 Å². The Balaban J connectivity index is 1.74. The highest BCUT2D eigenvalue weighted by atomic mass is 35.5. The fourth-order valence-corrected chi connectivity index (χ4v) is 4.06. The van der Waals surface area contributed by atoms with Crippen LogP contribution in [0.2, 0.25) is 5.02 Å². The number of allylic oxidation sites excluding steroid dienone is 2. The Morgan fingerprint density at radius 1 is 1.09 bits per heavy atom. The molecule has 7 heteroatoms. The zero-order chi connectivity index (χ0) is 24.5. The van der Waals surface area contributed by atoms with Gasteiger partial charge in [-0.1, -0.05) is 66.2 Å². The summed E-state index contributed by atoms with van der Waals surface area (Å²) in [5, 5.41) is 3.53. The molecule has 0 radical (unpaired) electrons. The summed E-state index contributed by atoms with van der Waals surface area (Å²) in [6.45, 7) is 2.23. The van der Waals surface area contributed by atoms with Gasteiger partial charge in [0.05, 0.1) is 12.0 Å². The van der Waals surface area contributed by atoms with E-state index in [0.29, 0.717) is 24.4 Å². The molecule has 0 aliphatic carbocycles. The number of likely N-dealkylation sites (N-methyl/N-ethyl adjacent to an activating group) is 1. The number of hydrogen-bond donors (Lipinski definition) is 1. The first-order chi connectivity index (χ1) is 16.3. The minimum Gasteiger partial charge on any atom is -0.455 e. The van der Waals surface area contributed by atoms with Crippen molar-refractivity contribution in [2.75, 3.05) is 7.05 Å². The van der Waals surface area contributed by atoms with Gasteiger partial charge in [0.2, 0.25) is 11.8 Å². The second-order valence-corrected chi connectivity index (χ2v) is 9.00. The summed E-state index contributed by atoms with van der Waals surface area (Å²) in [7, 11) is 1.70. The van der Waals surface area contributed by atoms with Gasteiger partial charge in [-0.2, -0.15) is 0 Å². The molecular formula is C27H31ClN2O4. The van der Waals surface area contributed by atoms with Crippen LogP contribution in [-0.4, -0.2) is 35.8 Å². The molecule has 180 valence electrons. The van der Waals surface area contributed by atoms with Crippen LogP contribution >= 0.6 is 11.6 Å². The molecule has 0 spiro atoms. The zero-order valence-electron chi connectivity index (χ0n) is 19.6. The molecule has 0 saturated carbocycles. The number of esters is 1. The van der Waals surface area contributed by atoms with Crippen LogP contribution in [0.5, 0.6) is 0 Å². The number of carbonyl (C=O) groups is 3. The Morgan fingerprint density at radius 3 is 2.50 bits per heavy atom. The van der Waals surface area contributed by atoms with Crippen molar-refractivity contribution in [3.8, 4) is 0 Å². The Morgan fingerprint density at radius 2 is 1.79 bits per heavy atom. The van der Waals surface area contributed by atoms with Crippen LogP contribution in [0, 0.1) is 5.92 Å². The number of rotatable bonds is 5. The molecule has 2 aromatic rings. The first-order valence-corrected chi connectivity index (χ1v) is 11.9. The maximum Gasteiger partial charge on any atom is 0.306 e. The molecule has 0 unspecified atom stereocenters. The second kappa shape index (κ2) is 12.4. The van der Waals surface area contributed by atoms with E-state index in [-0.39, 0.29) is 30.6 Å². The van der Waals surface area contributed by atoms with Gasteiger partial charge in [0.25, 0.3) is 0 Å². The molecule has 2 amide bonds. The standard InChI is InChI=1S/C27H31ClN2O4/c1-19-26(21-9-5-3-6-10-21)34-25(32)12-8-4-7-11-22(27(33)30(19)2)17-24(31)29-18-20-13-15-23(28)16-14-20/h3-7,9-10,13-16,19,22,26H,8,11-12,17-18H2,1-2H3,(H,29,31)/b7-4+/t19-,22+,26+/m1/s1.